The van der Waals surface area contributed by atoms with E-state index in [2.05, 4.69) is 35.0 Å². The quantitative estimate of drug-likeness (QED) is 0.685. The summed E-state index contributed by atoms with van der Waals surface area (Å²) < 4.78 is 1.32. The van der Waals surface area contributed by atoms with E-state index >= 15 is 0 Å². The van der Waals surface area contributed by atoms with E-state index in [-0.39, 0.29) is 0 Å². The van der Waals surface area contributed by atoms with Gasteiger partial charge in [0, 0.05) is 16.9 Å². The molecule has 3 aromatic rings. The first-order valence-electron chi connectivity index (χ1n) is 6.22. The molecule has 0 bridgehead atoms. The van der Waals surface area contributed by atoms with Gasteiger partial charge in [-0.3, -0.25) is 0 Å². The van der Waals surface area contributed by atoms with Crippen molar-refractivity contribution in [1.29, 1.82) is 0 Å². The van der Waals surface area contributed by atoms with Gasteiger partial charge in [-0.05, 0) is 53.1 Å². The third-order valence-electron chi connectivity index (χ3n) is 3.24. The average Bonchev–Trinajstić information content (AvgIpc) is 2.83. The highest BCUT2D eigenvalue weighted by atomic mass is 32.1. The van der Waals surface area contributed by atoms with Gasteiger partial charge in [0.2, 0.25) is 0 Å². The number of thiophene rings is 1. The van der Waals surface area contributed by atoms with Gasteiger partial charge in [0.1, 0.15) is 5.75 Å². The summed E-state index contributed by atoms with van der Waals surface area (Å²) in [5.74, 6) is 0.339. The van der Waals surface area contributed by atoms with Crippen LogP contribution >= 0.6 is 11.3 Å². The summed E-state index contributed by atoms with van der Waals surface area (Å²) in [7, 11) is 0. The zero-order chi connectivity index (χ0) is 13.2. The number of benzene rings is 2. The van der Waals surface area contributed by atoms with E-state index < -0.39 is 0 Å². The SMILES string of the molecule is Cc1cc(NCc2csc3ccccc23)ccc1O. The molecule has 0 atom stereocenters. The number of fused-ring (bicyclic) bond motifs is 1. The van der Waals surface area contributed by atoms with Crippen molar-refractivity contribution in [3.05, 3.63) is 59.0 Å². The molecule has 0 saturated carbocycles. The molecule has 0 amide bonds. The maximum absolute atomic E-state index is 9.51. The van der Waals surface area contributed by atoms with E-state index in [4.69, 9.17) is 0 Å². The first kappa shape index (κ1) is 12.1. The Morgan fingerprint density at radius 2 is 2.00 bits per heavy atom. The maximum Gasteiger partial charge on any atom is 0.118 e. The zero-order valence-electron chi connectivity index (χ0n) is 10.7. The molecule has 0 saturated heterocycles. The highest BCUT2D eigenvalue weighted by Crippen LogP contribution is 2.27. The molecule has 2 N–H and O–H groups in total. The summed E-state index contributed by atoms with van der Waals surface area (Å²) in [6.45, 7) is 2.70. The lowest BCUT2D eigenvalue weighted by Crippen LogP contribution is -1.98. The van der Waals surface area contributed by atoms with Crippen molar-refractivity contribution in [1.82, 2.24) is 0 Å². The van der Waals surface area contributed by atoms with Gasteiger partial charge in [-0.1, -0.05) is 18.2 Å². The van der Waals surface area contributed by atoms with Crippen molar-refractivity contribution >= 4 is 27.1 Å². The van der Waals surface area contributed by atoms with Crippen LogP contribution in [0, 0.1) is 6.92 Å². The fraction of sp³-hybridized carbons (Fsp3) is 0.125. The molecule has 19 heavy (non-hydrogen) atoms. The van der Waals surface area contributed by atoms with E-state index in [1.165, 1.54) is 15.6 Å². The van der Waals surface area contributed by atoms with Crippen LogP contribution in [-0.4, -0.2) is 5.11 Å². The van der Waals surface area contributed by atoms with Crippen LogP contribution in [0.3, 0.4) is 0 Å². The van der Waals surface area contributed by atoms with Crippen molar-refractivity contribution < 1.29 is 5.11 Å². The summed E-state index contributed by atoms with van der Waals surface area (Å²) >= 11 is 1.77. The molecule has 96 valence electrons. The summed E-state index contributed by atoms with van der Waals surface area (Å²) in [4.78, 5) is 0. The largest absolute Gasteiger partial charge is 0.508 e. The third-order valence-corrected chi connectivity index (χ3v) is 4.25. The lowest BCUT2D eigenvalue weighted by atomic mass is 10.1. The molecule has 0 unspecified atom stereocenters. The minimum absolute atomic E-state index is 0.339. The van der Waals surface area contributed by atoms with Crippen molar-refractivity contribution in [2.75, 3.05) is 5.32 Å². The Bertz CT molecular complexity index is 718. The molecule has 0 spiro atoms. The van der Waals surface area contributed by atoms with Crippen LogP contribution in [0.4, 0.5) is 5.69 Å². The molecule has 1 aromatic heterocycles. The van der Waals surface area contributed by atoms with Crippen molar-refractivity contribution in [2.45, 2.75) is 13.5 Å². The number of hydrogen-bond acceptors (Lipinski definition) is 3. The number of hydrogen-bond donors (Lipinski definition) is 2. The minimum atomic E-state index is 0.339. The van der Waals surface area contributed by atoms with Crippen LogP contribution in [0.1, 0.15) is 11.1 Å². The highest BCUT2D eigenvalue weighted by Gasteiger charge is 2.03. The van der Waals surface area contributed by atoms with Crippen LogP contribution in [0.15, 0.2) is 47.8 Å². The smallest absolute Gasteiger partial charge is 0.118 e. The maximum atomic E-state index is 9.51. The van der Waals surface area contributed by atoms with Crippen LogP contribution < -0.4 is 5.32 Å². The van der Waals surface area contributed by atoms with E-state index in [1.807, 2.05) is 19.1 Å². The number of aromatic hydroxyl groups is 1. The number of anilines is 1. The standard InChI is InChI=1S/C16H15NOS/c1-11-8-13(6-7-15(11)18)17-9-12-10-19-16-5-3-2-4-14(12)16/h2-8,10,17-18H,9H2,1H3. The monoisotopic (exact) mass is 269 g/mol. The van der Waals surface area contributed by atoms with Gasteiger partial charge >= 0.3 is 0 Å². The van der Waals surface area contributed by atoms with Crippen LogP contribution in [-0.2, 0) is 6.54 Å². The second kappa shape index (κ2) is 4.94. The number of rotatable bonds is 3. The Morgan fingerprint density at radius 1 is 1.16 bits per heavy atom. The molecule has 0 radical (unpaired) electrons. The third kappa shape index (κ3) is 2.42. The molecular weight excluding hydrogens is 254 g/mol. The fourth-order valence-electron chi connectivity index (χ4n) is 2.13. The summed E-state index contributed by atoms with van der Waals surface area (Å²) in [5.41, 5.74) is 3.23. The van der Waals surface area contributed by atoms with E-state index in [1.54, 1.807) is 17.4 Å². The molecule has 3 heteroatoms. The van der Waals surface area contributed by atoms with Gasteiger partial charge in [-0.25, -0.2) is 0 Å². The predicted molar refractivity (Wildman–Crippen MR) is 82.0 cm³/mol. The lowest BCUT2D eigenvalue weighted by Gasteiger charge is -2.07. The Hall–Kier alpha value is -2.00. The number of phenols is 1. The Morgan fingerprint density at radius 3 is 2.84 bits per heavy atom. The van der Waals surface area contributed by atoms with Gasteiger partial charge in [0.05, 0.1) is 0 Å². The second-order valence-corrected chi connectivity index (χ2v) is 5.52. The summed E-state index contributed by atoms with van der Waals surface area (Å²) in [5, 5.41) is 16.4. The lowest BCUT2D eigenvalue weighted by molar-refractivity contribution is 0.471. The molecular formula is C16H15NOS. The molecule has 0 aliphatic heterocycles. The number of nitrogens with one attached hydrogen (secondary N) is 1. The number of aryl methyl sites for hydroxylation is 1. The van der Waals surface area contributed by atoms with Gasteiger partial charge < -0.3 is 10.4 Å². The first-order chi connectivity index (χ1) is 9.24. The second-order valence-electron chi connectivity index (χ2n) is 4.61. The zero-order valence-corrected chi connectivity index (χ0v) is 11.5. The number of phenolic OH excluding ortho intramolecular Hbond substituents is 1. The van der Waals surface area contributed by atoms with Gasteiger partial charge in [0.25, 0.3) is 0 Å². The van der Waals surface area contributed by atoms with E-state index in [9.17, 15) is 5.11 Å². The fourth-order valence-corrected chi connectivity index (χ4v) is 3.10. The van der Waals surface area contributed by atoms with Gasteiger partial charge in [-0.15, -0.1) is 11.3 Å². The van der Waals surface area contributed by atoms with E-state index in [0.717, 1.165) is 17.8 Å². The topological polar surface area (TPSA) is 32.3 Å². The average molecular weight is 269 g/mol. The first-order valence-corrected chi connectivity index (χ1v) is 7.10. The highest BCUT2D eigenvalue weighted by molar-refractivity contribution is 7.17. The molecule has 0 aliphatic carbocycles. The van der Waals surface area contributed by atoms with Crippen molar-refractivity contribution in [3.63, 3.8) is 0 Å². The van der Waals surface area contributed by atoms with Crippen molar-refractivity contribution in [2.24, 2.45) is 0 Å². The molecule has 2 aromatic carbocycles. The molecule has 0 fully saturated rings. The Balaban J connectivity index is 1.80. The van der Waals surface area contributed by atoms with Crippen LogP contribution in [0.25, 0.3) is 10.1 Å². The summed E-state index contributed by atoms with van der Waals surface area (Å²) in [6.07, 6.45) is 0. The summed E-state index contributed by atoms with van der Waals surface area (Å²) in [6, 6.07) is 14.0. The van der Waals surface area contributed by atoms with Crippen LogP contribution in [0.2, 0.25) is 0 Å². The van der Waals surface area contributed by atoms with Crippen molar-refractivity contribution in [3.8, 4) is 5.75 Å². The normalized spacial score (nSPS) is 10.8. The van der Waals surface area contributed by atoms with Gasteiger partial charge in [-0.2, -0.15) is 0 Å². The molecule has 3 rings (SSSR count). The Labute approximate surface area is 116 Å². The molecule has 2 nitrogen and oxygen atoms in total. The van der Waals surface area contributed by atoms with Gasteiger partial charge in [0.15, 0.2) is 0 Å². The minimum Gasteiger partial charge on any atom is -0.508 e. The Kier molecular flexibility index (Phi) is 3.13. The van der Waals surface area contributed by atoms with Crippen LogP contribution in [0.5, 0.6) is 5.75 Å². The predicted octanol–water partition coefficient (Wildman–Crippen LogP) is 4.53. The van der Waals surface area contributed by atoms with E-state index in [0.29, 0.717) is 5.75 Å². The molecule has 0 aliphatic rings. The molecule has 1 heterocycles.